The molecule has 3 N–H and O–H groups in total. The van der Waals surface area contributed by atoms with Crippen LogP contribution < -0.4 is 5.73 Å². The highest BCUT2D eigenvalue weighted by Crippen LogP contribution is 2.21. The molecule has 1 aromatic heterocycles. The topological polar surface area (TPSA) is 77.0 Å². The van der Waals surface area contributed by atoms with E-state index in [1.807, 2.05) is 11.5 Å². The summed E-state index contributed by atoms with van der Waals surface area (Å²) < 4.78 is 1.97. The molecule has 5 nitrogen and oxygen atoms in total. The number of aliphatic hydroxyl groups is 1. The molecule has 0 atom stereocenters. The van der Waals surface area contributed by atoms with Crippen molar-refractivity contribution in [3.05, 3.63) is 5.82 Å². The first-order valence-corrected chi connectivity index (χ1v) is 5.94. The van der Waals surface area contributed by atoms with Crippen molar-refractivity contribution in [2.75, 3.05) is 5.75 Å². The molecule has 1 rings (SSSR count). The summed E-state index contributed by atoms with van der Waals surface area (Å²) >= 11 is 1.50. The number of hydrogen-bond acceptors (Lipinski definition) is 5. The largest absolute Gasteiger partial charge is 0.390 e. The lowest BCUT2D eigenvalue weighted by Crippen LogP contribution is -2.22. The first-order chi connectivity index (χ1) is 6.98. The second-order valence-electron chi connectivity index (χ2n) is 3.95. The first-order valence-electron chi connectivity index (χ1n) is 4.95. The van der Waals surface area contributed by atoms with Crippen molar-refractivity contribution in [1.82, 2.24) is 14.8 Å². The Morgan fingerprint density at radius 3 is 2.60 bits per heavy atom. The summed E-state index contributed by atoms with van der Waals surface area (Å²) in [6, 6.07) is 0. The third kappa shape index (κ3) is 3.48. The van der Waals surface area contributed by atoms with Crippen LogP contribution in [0.15, 0.2) is 5.16 Å². The molecule has 6 heteroatoms. The van der Waals surface area contributed by atoms with Crippen LogP contribution in [0.5, 0.6) is 0 Å². The van der Waals surface area contributed by atoms with Gasteiger partial charge in [0.2, 0.25) is 0 Å². The minimum atomic E-state index is -0.696. The van der Waals surface area contributed by atoms with Crippen molar-refractivity contribution in [3.8, 4) is 0 Å². The molecule has 0 aliphatic heterocycles. The average molecular weight is 230 g/mol. The van der Waals surface area contributed by atoms with Crippen LogP contribution in [-0.2, 0) is 13.1 Å². The molecular weight excluding hydrogens is 212 g/mol. The number of nitrogens with two attached hydrogens (primary N) is 1. The van der Waals surface area contributed by atoms with Crippen molar-refractivity contribution < 1.29 is 5.11 Å². The van der Waals surface area contributed by atoms with E-state index in [2.05, 4.69) is 10.2 Å². The fourth-order valence-corrected chi connectivity index (χ4v) is 2.11. The molecule has 1 heterocycles. The number of hydrogen-bond donors (Lipinski definition) is 2. The van der Waals surface area contributed by atoms with E-state index in [0.29, 0.717) is 12.3 Å². The van der Waals surface area contributed by atoms with Gasteiger partial charge in [0.05, 0.1) is 12.1 Å². The van der Waals surface area contributed by atoms with E-state index in [1.165, 1.54) is 11.8 Å². The molecule has 15 heavy (non-hydrogen) atoms. The predicted octanol–water partition coefficient (Wildman–Crippen LogP) is 0.620. The number of aromatic nitrogens is 3. The van der Waals surface area contributed by atoms with Crippen LogP contribution >= 0.6 is 11.8 Å². The van der Waals surface area contributed by atoms with Gasteiger partial charge in [-0.3, -0.25) is 0 Å². The van der Waals surface area contributed by atoms with Crippen molar-refractivity contribution in [1.29, 1.82) is 0 Å². The Morgan fingerprint density at radius 1 is 1.47 bits per heavy atom. The minimum Gasteiger partial charge on any atom is -0.390 e. The molecule has 86 valence electrons. The highest BCUT2D eigenvalue weighted by Gasteiger charge is 2.16. The lowest BCUT2D eigenvalue weighted by molar-refractivity contribution is 0.107. The van der Waals surface area contributed by atoms with Gasteiger partial charge >= 0.3 is 0 Å². The van der Waals surface area contributed by atoms with Gasteiger partial charge in [-0.25, -0.2) is 0 Å². The zero-order valence-corrected chi connectivity index (χ0v) is 10.2. The van der Waals surface area contributed by atoms with E-state index < -0.39 is 5.60 Å². The van der Waals surface area contributed by atoms with Gasteiger partial charge in [-0.2, -0.15) is 0 Å². The summed E-state index contributed by atoms with van der Waals surface area (Å²) in [5.41, 5.74) is 4.84. The van der Waals surface area contributed by atoms with Crippen molar-refractivity contribution in [2.45, 2.75) is 44.6 Å². The quantitative estimate of drug-likeness (QED) is 0.725. The van der Waals surface area contributed by atoms with Gasteiger partial charge in [0, 0.05) is 12.3 Å². The normalized spacial score (nSPS) is 12.1. The fraction of sp³-hybridized carbons (Fsp3) is 0.778. The van der Waals surface area contributed by atoms with E-state index in [9.17, 15) is 5.11 Å². The second-order valence-corrected chi connectivity index (χ2v) is 4.89. The van der Waals surface area contributed by atoms with Crippen LogP contribution in [0.1, 0.15) is 26.6 Å². The van der Waals surface area contributed by atoms with Gasteiger partial charge in [-0.15, -0.1) is 10.2 Å². The predicted molar refractivity (Wildman–Crippen MR) is 60.6 cm³/mol. The zero-order valence-electron chi connectivity index (χ0n) is 9.40. The Labute approximate surface area is 94.1 Å². The second kappa shape index (κ2) is 4.96. The number of rotatable bonds is 5. The van der Waals surface area contributed by atoms with Crippen LogP contribution in [-0.4, -0.2) is 31.2 Å². The summed E-state index contributed by atoms with van der Waals surface area (Å²) in [6.45, 7) is 6.77. The van der Waals surface area contributed by atoms with Crippen LogP contribution in [0, 0.1) is 0 Å². The van der Waals surface area contributed by atoms with E-state index in [0.717, 1.165) is 17.5 Å². The maximum Gasteiger partial charge on any atom is 0.191 e. The lowest BCUT2D eigenvalue weighted by atomic mass is 10.2. The monoisotopic (exact) mass is 230 g/mol. The Morgan fingerprint density at radius 2 is 2.13 bits per heavy atom. The van der Waals surface area contributed by atoms with Crippen LogP contribution in [0.4, 0.5) is 0 Å². The molecule has 0 aliphatic carbocycles. The Kier molecular flexibility index (Phi) is 4.12. The van der Waals surface area contributed by atoms with Crippen molar-refractivity contribution in [2.24, 2.45) is 5.73 Å². The molecule has 1 aromatic rings. The van der Waals surface area contributed by atoms with Crippen LogP contribution in [0.2, 0.25) is 0 Å². The minimum absolute atomic E-state index is 0.393. The third-order valence-corrected chi connectivity index (χ3v) is 3.26. The summed E-state index contributed by atoms with van der Waals surface area (Å²) in [6.07, 6.45) is 0. The van der Waals surface area contributed by atoms with E-state index in [1.54, 1.807) is 13.8 Å². The van der Waals surface area contributed by atoms with E-state index >= 15 is 0 Å². The Bertz CT molecular complexity index is 318. The highest BCUT2D eigenvalue weighted by atomic mass is 32.2. The molecule has 0 spiro atoms. The molecule has 0 bridgehead atoms. The third-order valence-electron chi connectivity index (χ3n) is 1.85. The SMILES string of the molecule is CCn1c(CN)nnc1SCC(C)(C)O. The lowest BCUT2D eigenvalue weighted by Gasteiger charge is -2.15. The Hall–Kier alpha value is -0.590. The van der Waals surface area contributed by atoms with E-state index in [-0.39, 0.29) is 0 Å². The number of nitrogens with zero attached hydrogens (tertiary/aromatic N) is 3. The summed E-state index contributed by atoms with van der Waals surface area (Å²) in [4.78, 5) is 0. The molecule has 0 aliphatic rings. The van der Waals surface area contributed by atoms with Crippen molar-refractivity contribution in [3.63, 3.8) is 0 Å². The molecule has 0 saturated heterocycles. The number of thioether (sulfide) groups is 1. The zero-order chi connectivity index (χ0) is 11.5. The van der Waals surface area contributed by atoms with Gasteiger partial charge in [0.15, 0.2) is 5.16 Å². The smallest absolute Gasteiger partial charge is 0.191 e. The summed E-state index contributed by atoms with van der Waals surface area (Å²) in [5.74, 6) is 1.38. The maximum atomic E-state index is 9.60. The average Bonchev–Trinajstić information content (AvgIpc) is 2.55. The first kappa shape index (κ1) is 12.5. The van der Waals surface area contributed by atoms with Gasteiger partial charge in [-0.1, -0.05) is 11.8 Å². The summed E-state index contributed by atoms with van der Waals surface area (Å²) in [5, 5.41) is 18.5. The van der Waals surface area contributed by atoms with Crippen LogP contribution in [0.25, 0.3) is 0 Å². The molecular formula is C9H18N4OS. The fourth-order valence-electron chi connectivity index (χ4n) is 1.14. The molecule has 0 fully saturated rings. The molecule has 0 radical (unpaired) electrons. The molecule has 0 amide bonds. The highest BCUT2D eigenvalue weighted by molar-refractivity contribution is 7.99. The Balaban J connectivity index is 2.73. The van der Waals surface area contributed by atoms with Crippen LogP contribution in [0.3, 0.4) is 0 Å². The van der Waals surface area contributed by atoms with Crippen molar-refractivity contribution >= 4 is 11.8 Å². The van der Waals surface area contributed by atoms with E-state index in [4.69, 9.17) is 5.73 Å². The molecule has 0 saturated carbocycles. The maximum absolute atomic E-state index is 9.60. The van der Waals surface area contributed by atoms with Gasteiger partial charge in [0.25, 0.3) is 0 Å². The van der Waals surface area contributed by atoms with Gasteiger partial charge < -0.3 is 15.4 Å². The standard InChI is InChI=1S/C9H18N4OS/c1-4-13-7(5-10)11-12-8(13)15-6-9(2,3)14/h14H,4-6,10H2,1-3H3. The summed E-state index contributed by atoms with van der Waals surface area (Å²) in [7, 11) is 0. The van der Waals surface area contributed by atoms with Gasteiger partial charge in [-0.05, 0) is 20.8 Å². The molecule has 0 aromatic carbocycles. The van der Waals surface area contributed by atoms with Gasteiger partial charge in [0.1, 0.15) is 5.82 Å². The molecule has 0 unspecified atom stereocenters.